The molecule has 0 amide bonds. The molecule has 0 spiro atoms. The Bertz CT molecular complexity index is 1170. The van der Waals surface area contributed by atoms with E-state index < -0.39 is 18.7 Å². The Kier molecular flexibility index (Phi) is 5.79. The zero-order valence-corrected chi connectivity index (χ0v) is 19.0. The van der Waals surface area contributed by atoms with E-state index in [2.05, 4.69) is 20.3 Å². The summed E-state index contributed by atoms with van der Waals surface area (Å²) < 4.78 is 26.6. The molecule has 1 unspecified atom stereocenters. The van der Waals surface area contributed by atoms with E-state index in [-0.39, 0.29) is 5.95 Å². The lowest BCUT2D eigenvalue weighted by Crippen LogP contribution is -2.15. The van der Waals surface area contributed by atoms with Gasteiger partial charge in [-0.2, -0.15) is 0 Å². The number of hydrogen-bond acceptors (Lipinski definition) is 8. The lowest BCUT2D eigenvalue weighted by Gasteiger charge is -2.25. The first-order chi connectivity index (χ1) is 16.0. The second kappa shape index (κ2) is 8.75. The Balaban J connectivity index is 1.31. The third kappa shape index (κ3) is 4.58. The number of pyridine rings is 1. The van der Waals surface area contributed by atoms with Crippen molar-refractivity contribution in [2.45, 2.75) is 25.5 Å². The molecular weight excluding hydrogens is 449 g/mol. The fourth-order valence-corrected chi connectivity index (χ4v) is 6.05. The first-order valence-electron chi connectivity index (χ1n) is 10.7. The van der Waals surface area contributed by atoms with Crippen LogP contribution in [0.3, 0.4) is 0 Å². The molecule has 5 heterocycles. The number of imidazole rings is 1. The van der Waals surface area contributed by atoms with Gasteiger partial charge < -0.3 is 10.1 Å². The molecule has 0 aliphatic carbocycles. The average Bonchev–Trinajstić information content (AvgIpc) is 3.74. The molecule has 14 heteroatoms. The standard InChI is InChI=1S/C19H24N9O4P/c1-24-17(13-21-19(24)28(29)30)18(32-33(31,26-9-10-26)27-11-12-27)6-4-8-25-14-16(22-23-25)15-5-2-3-7-20-15/h2-3,5,7,13-14,18H,4,6,8-12H2,1H3. The van der Waals surface area contributed by atoms with Gasteiger partial charge in [-0.3, -0.25) is 18.8 Å². The molecule has 1 atom stereocenters. The van der Waals surface area contributed by atoms with Crippen molar-refractivity contribution < 1.29 is 14.0 Å². The maximum absolute atomic E-state index is 13.6. The monoisotopic (exact) mass is 473 g/mol. The lowest BCUT2D eigenvalue weighted by molar-refractivity contribution is -0.396. The lowest BCUT2D eigenvalue weighted by atomic mass is 10.1. The van der Waals surface area contributed by atoms with Gasteiger partial charge in [-0.1, -0.05) is 16.3 Å². The zero-order chi connectivity index (χ0) is 23.0. The highest BCUT2D eigenvalue weighted by Gasteiger charge is 2.51. The minimum atomic E-state index is -3.13. The number of aromatic nitrogens is 6. The van der Waals surface area contributed by atoms with Crippen LogP contribution in [0.1, 0.15) is 24.6 Å². The molecule has 13 nitrogen and oxygen atoms in total. The predicted molar refractivity (Wildman–Crippen MR) is 117 cm³/mol. The molecule has 2 aliphatic heterocycles. The van der Waals surface area contributed by atoms with Gasteiger partial charge in [0.2, 0.25) is 0 Å². The highest BCUT2D eigenvalue weighted by Crippen LogP contribution is 2.63. The fraction of sp³-hybridized carbons (Fsp3) is 0.474. The molecule has 5 rings (SSSR count). The summed E-state index contributed by atoms with van der Waals surface area (Å²) in [5, 5.41) is 19.6. The Labute approximate surface area is 189 Å². The van der Waals surface area contributed by atoms with E-state index in [1.165, 1.54) is 10.8 Å². The summed E-state index contributed by atoms with van der Waals surface area (Å²) in [6.45, 7) is 3.45. The van der Waals surface area contributed by atoms with E-state index in [9.17, 15) is 14.7 Å². The zero-order valence-electron chi connectivity index (χ0n) is 18.1. The number of nitro groups is 1. The Morgan fingerprint density at radius 3 is 2.55 bits per heavy atom. The largest absolute Gasteiger partial charge is 0.434 e. The van der Waals surface area contributed by atoms with Gasteiger partial charge in [0.25, 0.3) is 0 Å². The highest BCUT2D eigenvalue weighted by atomic mass is 31.2. The van der Waals surface area contributed by atoms with Gasteiger partial charge in [-0.15, -0.1) is 5.10 Å². The quantitative estimate of drug-likeness (QED) is 0.176. The number of aryl methyl sites for hydroxylation is 1. The SMILES string of the molecule is Cn1c(C(CCCn2cc(-c3ccccn3)nn2)OP(=O)(N2CC2)N2CC2)cnc1[N+](=O)[O-]. The van der Waals surface area contributed by atoms with Gasteiger partial charge in [0.05, 0.1) is 18.9 Å². The van der Waals surface area contributed by atoms with Crippen molar-refractivity contribution in [1.29, 1.82) is 0 Å². The summed E-state index contributed by atoms with van der Waals surface area (Å²) in [5.74, 6) is -0.275. The number of nitrogens with zero attached hydrogens (tertiary/aromatic N) is 9. The van der Waals surface area contributed by atoms with Gasteiger partial charge in [-0.25, -0.2) is 13.9 Å². The van der Waals surface area contributed by atoms with E-state index in [1.54, 1.807) is 17.9 Å². The number of rotatable bonds is 11. The van der Waals surface area contributed by atoms with Gasteiger partial charge in [-0.05, 0) is 29.9 Å². The summed E-state index contributed by atoms with van der Waals surface area (Å²) >= 11 is 0. The van der Waals surface area contributed by atoms with Crippen LogP contribution in [0.25, 0.3) is 11.4 Å². The highest BCUT2D eigenvalue weighted by molar-refractivity contribution is 7.54. The van der Waals surface area contributed by atoms with Crippen LogP contribution in [-0.2, 0) is 22.7 Å². The minimum Gasteiger partial charge on any atom is -0.390 e. The van der Waals surface area contributed by atoms with Crippen LogP contribution < -0.4 is 0 Å². The molecule has 174 valence electrons. The third-order valence-electron chi connectivity index (χ3n) is 5.64. The van der Waals surface area contributed by atoms with E-state index >= 15 is 0 Å². The molecule has 0 N–H and O–H groups in total. The second-order valence-electron chi connectivity index (χ2n) is 8.02. The van der Waals surface area contributed by atoms with Crippen molar-refractivity contribution in [2.75, 3.05) is 26.2 Å². The summed E-state index contributed by atoms with van der Waals surface area (Å²) in [7, 11) is -1.56. The van der Waals surface area contributed by atoms with Crippen molar-refractivity contribution >= 4 is 13.6 Å². The number of hydrogen-bond donors (Lipinski definition) is 0. The molecule has 2 saturated heterocycles. The molecule has 2 aliphatic rings. The minimum absolute atomic E-state index is 0.275. The van der Waals surface area contributed by atoms with Crippen molar-refractivity contribution in [1.82, 2.24) is 38.9 Å². The molecule has 3 aromatic heterocycles. The van der Waals surface area contributed by atoms with Crippen molar-refractivity contribution in [3.63, 3.8) is 0 Å². The first-order valence-corrected chi connectivity index (χ1v) is 12.3. The van der Waals surface area contributed by atoms with Gasteiger partial charge in [0.1, 0.15) is 23.7 Å². The molecular formula is C19H24N9O4P. The Morgan fingerprint density at radius 2 is 1.94 bits per heavy atom. The third-order valence-corrected chi connectivity index (χ3v) is 8.40. The maximum atomic E-state index is 13.6. The van der Waals surface area contributed by atoms with Crippen LogP contribution in [0, 0.1) is 10.1 Å². The van der Waals surface area contributed by atoms with Crippen molar-refractivity contribution in [3.8, 4) is 11.4 Å². The summed E-state index contributed by atoms with van der Waals surface area (Å²) in [6, 6.07) is 5.60. The topological polar surface area (TPSA) is 137 Å². The van der Waals surface area contributed by atoms with Gasteiger partial charge in [0, 0.05) is 38.9 Å². The smallest absolute Gasteiger partial charge is 0.390 e. The molecule has 0 saturated carbocycles. The van der Waals surface area contributed by atoms with Crippen LogP contribution in [-0.4, -0.2) is 70.0 Å². The second-order valence-corrected chi connectivity index (χ2v) is 10.3. The van der Waals surface area contributed by atoms with E-state index in [4.69, 9.17) is 4.52 Å². The molecule has 0 radical (unpaired) electrons. The first kappa shape index (κ1) is 21.8. The Hall–Kier alpha value is -2.99. The maximum Gasteiger partial charge on any atom is 0.434 e. The van der Waals surface area contributed by atoms with Crippen molar-refractivity contribution in [3.05, 3.63) is 52.6 Å². The molecule has 0 bridgehead atoms. The molecule has 33 heavy (non-hydrogen) atoms. The summed E-state index contributed by atoms with van der Waals surface area (Å²) in [6.07, 6.45) is 5.47. The van der Waals surface area contributed by atoms with Gasteiger partial charge in [0.15, 0.2) is 0 Å². The van der Waals surface area contributed by atoms with E-state index in [0.29, 0.717) is 30.8 Å². The Morgan fingerprint density at radius 1 is 1.18 bits per heavy atom. The van der Waals surface area contributed by atoms with E-state index in [1.807, 2.05) is 33.7 Å². The fourth-order valence-electron chi connectivity index (χ4n) is 3.69. The van der Waals surface area contributed by atoms with Gasteiger partial charge >= 0.3 is 13.6 Å². The van der Waals surface area contributed by atoms with Crippen molar-refractivity contribution in [2.24, 2.45) is 7.05 Å². The van der Waals surface area contributed by atoms with Crippen LogP contribution in [0.5, 0.6) is 0 Å². The normalized spacial score (nSPS) is 17.2. The molecule has 2 fully saturated rings. The summed E-state index contributed by atoms with van der Waals surface area (Å²) in [5.41, 5.74) is 1.95. The van der Waals surface area contributed by atoms with Crippen LogP contribution in [0.2, 0.25) is 0 Å². The van der Waals surface area contributed by atoms with Crippen LogP contribution in [0.4, 0.5) is 5.95 Å². The molecule has 0 aromatic carbocycles. The van der Waals surface area contributed by atoms with Crippen LogP contribution >= 0.6 is 7.67 Å². The molecule has 3 aromatic rings. The summed E-state index contributed by atoms with van der Waals surface area (Å²) in [4.78, 5) is 18.9. The average molecular weight is 473 g/mol. The van der Waals surface area contributed by atoms with Crippen LogP contribution in [0.15, 0.2) is 36.8 Å². The van der Waals surface area contributed by atoms with E-state index in [0.717, 1.165) is 31.9 Å². The predicted octanol–water partition coefficient (Wildman–Crippen LogP) is 2.26.